The van der Waals surface area contributed by atoms with E-state index >= 15 is 0 Å². The number of carbonyl (C=O) groups excluding carboxylic acids is 1. The number of alkyl halides is 3. The fourth-order valence-corrected chi connectivity index (χ4v) is 2.41. The first-order chi connectivity index (χ1) is 8.96. The molecule has 2 saturated heterocycles. The second kappa shape index (κ2) is 5.96. The number of amides is 2. The van der Waals surface area contributed by atoms with Crippen LogP contribution >= 0.6 is 0 Å². The molecule has 0 aromatic rings. The van der Waals surface area contributed by atoms with Crippen molar-refractivity contribution in [2.45, 2.75) is 6.18 Å². The predicted octanol–water partition coefficient (Wildman–Crippen LogP) is 0.191. The Bertz CT molecular complexity index is 310. The Hall–Kier alpha value is -1.02. The Morgan fingerprint density at radius 1 is 0.947 bits per heavy atom. The number of carbonyl (C=O) groups is 1. The first kappa shape index (κ1) is 14.4. The van der Waals surface area contributed by atoms with Gasteiger partial charge in [-0.05, 0) is 0 Å². The van der Waals surface area contributed by atoms with Gasteiger partial charge >= 0.3 is 12.2 Å². The monoisotopic (exact) mass is 280 g/mol. The first-order valence-electron chi connectivity index (χ1n) is 6.49. The third kappa shape index (κ3) is 4.24. The molecule has 8 heteroatoms. The standard InChI is InChI=1S/C11H19F3N4O/c12-11(13,14)9-16-5-7-18(8-6-16)10(19)17-3-1-15-2-4-17/h15H,1-9H2. The van der Waals surface area contributed by atoms with Gasteiger partial charge in [0.1, 0.15) is 0 Å². The fraction of sp³-hybridized carbons (Fsp3) is 0.909. The average Bonchev–Trinajstić information content (AvgIpc) is 2.38. The van der Waals surface area contributed by atoms with Crippen LogP contribution in [0.5, 0.6) is 0 Å². The summed E-state index contributed by atoms with van der Waals surface area (Å²) in [6.07, 6.45) is -4.16. The van der Waals surface area contributed by atoms with Crippen LogP contribution in [0.3, 0.4) is 0 Å². The molecule has 0 bridgehead atoms. The van der Waals surface area contributed by atoms with E-state index in [9.17, 15) is 18.0 Å². The van der Waals surface area contributed by atoms with Crippen molar-refractivity contribution in [3.63, 3.8) is 0 Å². The van der Waals surface area contributed by atoms with E-state index < -0.39 is 12.7 Å². The number of nitrogens with zero attached hydrogens (tertiary/aromatic N) is 3. The van der Waals surface area contributed by atoms with Crippen molar-refractivity contribution in [2.24, 2.45) is 0 Å². The van der Waals surface area contributed by atoms with Crippen molar-refractivity contribution in [1.29, 1.82) is 0 Å². The molecule has 0 spiro atoms. The fourth-order valence-electron chi connectivity index (χ4n) is 2.41. The van der Waals surface area contributed by atoms with Crippen molar-refractivity contribution in [1.82, 2.24) is 20.0 Å². The van der Waals surface area contributed by atoms with Crippen LogP contribution in [0.2, 0.25) is 0 Å². The van der Waals surface area contributed by atoms with E-state index in [0.29, 0.717) is 26.2 Å². The zero-order valence-electron chi connectivity index (χ0n) is 10.7. The predicted molar refractivity (Wildman–Crippen MR) is 63.9 cm³/mol. The summed E-state index contributed by atoms with van der Waals surface area (Å²) in [7, 11) is 0. The lowest BCUT2D eigenvalue weighted by molar-refractivity contribution is -0.148. The van der Waals surface area contributed by atoms with E-state index in [4.69, 9.17) is 0 Å². The molecule has 2 aliphatic rings. The Labute approximate surface area is 110 Å². The Balaban J connectivity index is 1.77. The molecule has 0 aromatic heterocycles. The number of halogens is 3. The lowest BCUT2D eigenvalue weighted by atomic mass is 10.3. The van der Waals surface area contributed by atoms with Crippen LogP contribution in [0.15, 0.2) is 0 Å². The second-order valence-electron chi connectivity index (χ2n) is 4.90. The molecule has 2 fully saturated rings. The van der Waals surface area contributed by atoms with Gasteiger partial charge in [-0.3, -0.25) is 4.90 Å². The van der Waals surface area contributed by atoms with Crippen LogP contribution in [0.4, 0.5) is 18.0 Å². The van der Waals surface area contributed by atoms with Crippen molar-refractivity contribution < 1.29 is 18.0 Å². The van der Waals surface area contributed by atoms with Gasteiger partial charge in [-0.1, -0.05) is 0 Å². The van der Waals surface area contributed by atoms with Crippen molar-refractivity contribution in [3.05, 3.63) is 0 Å². The largest absolute Gasteiger partial charge is 0.401 e. The van der Waals surface area contributed by atoms with E-state index in [1.165, 1.54) is 4.90 Å². The summed E-state index contributed by atoms with van der Waals surface area (Å²) in [5.74, 6) is 0. The van der Waals surface area contributed by atoms with Crippen LogP contribution < -0.4 is 5.32 Å². The summed E-state index contributed by atoms with van der Waals surface area (Å²) in [4.78, 5) is 16.9. The van der Waals surface area contributed by atoms with Gasteiger partial charge in [-0.25, -0.2) is 4.79 Å². The maximum atomic E-state index is 12.2. The van der Waals surface area contributed by atoms with Crippen molar-refractivity contribution >= 4 is 6.03 Å². The van der Waals surface area contributed by atoms with E-state index in [1.54, 1.807) is 9.80 Å². The third-order valence-electron chi connectivity index (χ3n) is 3.43. The highest BCUT2D eigenvalue weighted by Crippen LogP contribution is 2.17. The van der Waals surface area contributed by atoms with Gasteiger partial charge in [0.05, 0.1) is 6.54 Å². The Kier molecular flexibility index (Phi) is 4.51. The van der Waals surface area contributed by atoms with Crippen LogP contribution in [-0.2, 0) is 0 Å². The van der Waals surface area contributed by atoms with Crippen molar-refractivity contribution in [3.8, 4) is 0 Å². The smallest absolute Gasteiger partial charge is 0.322 e. The van der Waals surface area contributed by atoms with Gasteiger partial charge in [-0.2, -0.15) is 13.2 Å². The van der Waals surface area contributed by atoms with Crippen LogP contribution in [-0.4, -0.2) is 85.8 Å². The summed E-state index contributed by atoms with van der Waals surface area (Å²) in [5, 5.41) is 3.16. The number of nitrogens with one attached hydrogen (secondary N) is 1. The van der Waals surface area contributed by atoms with E-state index in [1.807, 2.05) is 0 Å². The SMILES string of the molecule is O=C(N1CCNCC1)N1CCN(CC(F)(F)F)CC1. The summed E-state index contributed by atoms with van der Waals surface area (Å²) >= 11 is 0. The minimum atomic E-state index is -4.16. The first-order valence-corrected chi connectivity index (χ1v) is 6.49. The number of piperazine rings is 2. The minimum Gasteiger partial charge on any atom is -0.322 e. The zero-order chi connectivity index (χ0) is 13.9. The van der Waals surface area contributed by atoms with Gasteiger partial charge in [0.2, 0.25) is 0 Å². The molecule has 0 atom stereocenters. The molecule has 19 heavy (non-hydrogen) atoms. The molecule has 2 amide bonds. The molecule has 2 rings (SSSR count). The number of urea groups is 1. The molecule has 0 unspecified atom stereocenters. The van der Waals surface area contributed by atoms with Crippen LogP contribution in [0, 0.1) is 0 Å². The Morgan fingerprint density at radius 3 is 2.00 bits per heavy atom. The molecule has 5 nitrogen and oxygen atoms in total. The number of hydrogen-bond acceptors (Lipinski definition) is 3. The lowest BCUT2D eigenvalue weighted by Crippen LogP contribution is -2.57. The molecule has 0 radical (unpaired) electrons. The van der Waals surface area contributed by atoms with Gasteiger partial charge in [0.25, 0.3) is 0 Å². The quantitative estimate of drug-likeness (QED) is 0.745. The third-order valence-corrected chi connectivity index (χ3v) is 3.43. The molecule has 0 aromatic carbocycles. The lowest BCUT2D eigenvalue weighted by Gasteiger charge is -2.38. The van der Waals surface area contributed by atoms with Crippen LogP contribution in [0.1, 0.15) is 0 Å². The maximum Gasteiger partial charge on any atom is 0.401 e. The van der Waals surface area contributed by atoms with E-state index in [2.05, 4.69) is 5.32 Å². The van der Waals surface area contributed by atoms with Gasteiger partial charge in [0, 0.05) is 52.4 Å². The molecule has 1 N–H and O–H groups in total. The van der Waals surface area contributed by atoms with Gasteiger partial charge in [-0.15, -0.1) is 0 Å². The molecule has 110 valence electrons. The summed E-state index contributed by atoms with van der Waals surface area (Å²) in [6, 6.07) is -0.0480. The number of hydrogen-bond donors (Lipinski definition) is 1. The highest BCUT2D eigenvalue weighted by Gasteiger charge is 2.33. The van der Waals surface area contributed by atoms with Gasteiger partial charge in [0.15, 0.2) is 0 Å². The topological polar surface area (TPSA) is 38.8 Å². The normalized spacial score (nSPS) is 22.7. The van der Waals surface area contributed by atoms with E-state index in [-0.39, 0.29) is 19.1 Å². The molecule has 0 aliphatic carbocycles. The molecular formula is C11H19F3N4O. The summed E-state index contributed by atoms with van der Waals surface area (Å²) in [5.41, 5.74) is 0. The molecular weight excluding hydrogens is 261 g/mol. The summed E-state index contributed by atoms with van der Waals surface area (Å²) in [6.45, 7) is 3.33. The Morgan fingerprint density at radius 2 is 1.47 bits per heavy atom. The van der Waals surface area contributed by atoms with Gasteiger partial charge < -0.3 is 15.1 Å². The summed E-state index contributed by atoms with van der Waals surface area (Å²) < 4.78 is 36.7. The molecule has 0 saturated carbocycles. The highest BCUT2D eigenvalue weighted by molar-refractivity contribution is 5.74. The molecule has 2 heterocycles. The maximum absolute atomic E-state index is 12.2. The number of rotatable bonds is 1. The second-order valence-corrected chi connectivity index (χ2v) is 4.90. The van der Waals surface area contributed by atoms with Crippen LogP contribution in [0.25, 0.3) is 0 Å². The van der Waals surface area contributed by atoms with Crippen molar-refractivity contribution in [2.75, 3.05) is 58.9 Å². The highest BCUT2D eigenvalue weighted by atomic mass is 19.4. The van der Waals surface area contributed by atoms with E-state index in [0.717, 1.165) is 13.1 Å². The molecule has 2 aliphatic heterocycles. The average molecular weight is 280 g/mol. The minimum absolute atomic E-state index is 0.0480. The zero-order valence-corrected chi connectivity index (χ0v) is 10.7.